The molecule has 1 unspecified atom stereocenters. The molecule has 0 spiro atoms. The molecule has 0 bridgehead atoms. The lowest BCUT2D eigenvalue weighted by atomic mass is 10.0. The number of hydrogen-bond donors (Lipinski definition) is 2. The summed E-state index contributed by atoms with van der Waals surface area (Å²) in [4.78, 5) is 3.76. The largest absolute Gasteiger partial charge is 0.419 e. The van der Waals surface area contributed by atoms with Crippen LogP contribution in [0.1, 0.15) is 25.8 Å². The third-order valence-electron chi connectivity index (χ3n) is 2.47. The zero-order chi connectivity index (χ0) is 14.6. The maximum atomic E-state index is 12.8. The third kappa shape index (κ3) is 5.36. The number of rotatable bonds is 5. The van der Waals surface area contributed by atoms with Gasteiger partial charge in [0.1, 0.15) is 5.82 Å². The van der Waals surface area contributed by atoms with Crippen molar-refractivity contribution < 1.29 is 13.2 Å². The number of nitrogens with one attached hydrogen (secondary N) is 1. The lowest BCUT2D eigenvalue weighted by Crippen LogP contribution is -2.31. The fourth-order valence-electron chi connectivity index (χ4n) is 1.71. The predicted molar refractivity (Wildman–Crippen MR) is 72.9 cm³/mol. The van der Waals surface area contributed by atoms with Gasteiger partial charge in [0.15, 0.2) is 0 Å². The molecule has 0 aliphatic carbocycles. The van der Waals surface area contributed by atoms with Crippen LogP contribution in [0.2, 0.25) is 0 Å². The fraction of sp³-hybridized carbons (Fsp3) is 0.583. The smallest absolute Gasteiger partial charge is 0.368 e. The topological polar surface area (TPSA) is 50.9 Å². The molecular weight excluding hydrogens is 323 g/mol. The number of pyridine rings is 1. The van der Waals surface area contributed by atoms with E-state index in [9.17, 15) is 13.2 Å². The van der Waals surface area contributed by atoms with E-state index in [-0.39, 0.29) is 22.9 Å². The van der Waals surface area contributed by atoms with Gasteiger partial charge in [-0.1, -0.05) is 13.8 Å². The van der Waals surface area contributed by atoms with Gasteiger partial charge in [-0.15, -0.1) is 0 Å². The van der Waals surface area contributed by atoms with Crippen molar-refractivity contribution in [1.82, 2.24) is 4.98 Å². The van der Waals surface area contributed by atoms with Crippen LogP contribution in [0, 0.1) is 5.92 Å². The summed E-state index contributed by atoms with van der Waals surface area (Å²) in [5.74, 6) is 0.215. The van der Waals surface area contributed by atoms with Gasteiger partial charge in [0, 0.05) is 23.3 Å². The summed E-state index contributed by atoms with van der Waals surface area (Å²) in [5, 5.41) is 2.68. The Morgan fingerprint density at radius 1 is 1.42 bits per heavy atom. The molecule has 7 heteroatoms. The number of alkyl halides is 3. The number of halogens is 4. The average Bonchev–Trinajstić information content (AvgIpc) is 2.25. The van der Waals surface area contributed by atoms with E-state index in [4.69, 9.17) is 5.73 Å². The molecule has 0 radical (unpaired) electrons. The Morgan fingerprint density at radius 3 is 2.58 bits per heavy atom. The quantitative estimate of drug-likeness (QED) is 0.860. The summed E-state index contributed by atoms with van der Waals surface area (Å²) < 4.78 is 38.8. The van der Waals surface area contributed by atoms with Crippen LogP contribution in [-0.4, -0.2) is 17.6 Å². The van der Waals surface area contributed by atoms with E-state index in [1.54, 1.807) is 0 Å². The van der Waals surface area contributed by atoms with Crippen molar-refractivity contribution in [2.75, 3.05) is 11.9 Å². The van der Waals surface area contributed by atoms with Crippen molar-refractivity contribution in [3.8, 4) is 0 Å². The van der Waals surface area contributed by atoms with Gasteiger partial charge in [-0.2, -0.15) is 13.2 Å². The molecule has 0 amide bonds. The zero-order valence-corrected chi connectivity index (χ0v) is 12.3. The highest BCUT2D eigenvalue weighted by Crippen LogP contribution is 2.35. The molecule has 0 aliphatic heterocycles. The van der Waals surface area contributed by atoms with E-state index < -0.39 is 11.7 Å². The zero-order valence-electron chi connectivity index (χ0n) is 10.8. The Kier molecular flexibility index (Phi) is 5.61. The van der Waals surface area contributed by atoms with Crippen molar-refractivity contribution in [2.24, 2.45) is 11.7 Å². The minimum absolute atomic E-state index is 0.185. The van der Waals surface area contributed by atoms with E-state index in [1.165, 1.54) is 6.20 Å². The van der Waals surface area contributed by atoms with Gasteiger partial charge in [0.05, 0.1) is 5.56 Å². The first kappa shape index (κ1) is 16.2. The maximum absolute atomic E-state index is 12.8. The first-order valence-corrected chi connectivity index (χ1v) is 6.71. The second kappa shape index (κ2) is 6.56. The van der Waals surface area contributed by atoms with Crippen LogP contribution in [0.25, 0.3) is 0 Å². The molecule has 1 aromatic rings. The molecule has 19 heavy (non-hydrogen) atoms. The number of nitrogens with two attached hydrogens (primary N) is 1. The molecule has 1 heterocycles. The van der Waals surface area contributed by atoms with Crippen molar-refractivity contribution in [3.63, 3.8) is 0 Å². The number of hydrogen-bond acceptors (Lipinski definition) is 3. The maximum Gasteiger partial charge on any atom is 0.419 e. The van der Waals surface area contributed by atoms with Gasteiger partial charge >= 0.3 is 6.18 Å². The van der Waals surface area contributed by atoms with Gasteiger partial charge < -0.3 is 11.1 Å². The summed E-state index contributed by atoms with van der Waals surface area (Å²) in [6, 6.07) is 0.801. The Hall–Kier alpha value is -0.820. The molecule has 1 aromatic heterocycles. The van der Waals surface area contributed by atoms with Crippen LogP contribution in [0.15, 0.2) is 16.7 Å². The molecule has 0 aliphatic rings. The van der Waals surface area contributed by atoms with Crippen LogP contribution >= 0.6 is 15.9 Å². The van der Waals surface area contributed by atoms with Crippen LogP contribution in [0.3, 0.4) is 0 Å². The molecular formula is C12H17BrF3N3. The molecule has 0 fully saturated rings. The Bertz CT molecular complexity index is 421. The summed E-state index contributed by atoms with van der Waals surface area (Å²) in [5.41, 5.74) is 5.04. The molecule has 0 saturated heterocycles. The van der Waals surface area contributed by atoms with Crippen LogP contribution in [-0.2, 0) is 6.18 Å². The van der Waals surface area contributed by atoms with Crippen molar-refractivity contribution >= 4 is 21.7 Å². The highest BCUT2D eigenvalue weighted by atomic mass is 79.9. The number of aromatic nitrogens is 1. The molecule has 3 N–H and O–H groups in total. The van der Waals surface area contributed by atoms with E-state index >= 15 is 0 Å². The molecule has 108 valence electrons. The number of anilines is 1. The molecule has 0 aromatic carbocycles. The predicted octanol–water partition coefficient (Wildman–Crippen LogP) is 3.65. The molecule has 1 atom stereocenters. The summed E-state index contributed by atoms with van der Waals surface area (Å²) in [6.07, 6.45) is -2.38. The molecule has 3 nitrogen and oxygen atoms in total. The monoisotopic (exact) mass is 339 g/mol. The second-order valence-electron chi connectivity index (χ2n) is 4.82. The minimum atomic E-state index is -4.44. The number of nitrogens with zero attached hydrogens (tertiary/aromatic N) is 1. The highest BCUT2D eigenvalue weighted by Gasteiger charge is 2.34. The van der Waals surface area contributed by atoms with Crippen molar-refractivity contribution in [2.45, 2.75) is 32.5 Å². The lowest BCUT2D eigenvalue weighted by Gasteiger charge is -2.18. The Balaban J connectivity index is 2.78. The van der Waals surface area contributed by atoms with Crippen LogP contribution < -0.4 is 11.1 Å². The highest BCUT2D eigenvalue weighted by molar-refractivity contribution is 9.10. The minimum Gasteiger partial charge on any atom is -0.368 e. The van der Waals surface area contributed by atoms with E-state index in [1.807, 2.05) is 13.8 Å². The summed E-state index contributed by atoms with van der Waals surface area (Å²) in [6.45, 7) is 4.29. The average molecular weight is 340 g/mol. The third-order valence-corrected chi connectivity index (χ3v) is 2.90. The normalized spacial score (nSPS) is 13.7. The van der Waals surface area contributed by atoms with Gasteiger partial charge in [0.25, 0.3) is 0 Å². The lowest BCUT2D eigenvalue weighted by molar-refractivity contribution is -0.137. The van der Waals surface area contributed by atoms with Gasteiger partial charge in [-0.25, -0.2) is 4.98 Å². The summed E-state index contributed by atoms with van der Waals surface area (Å²) in [7, 11) is 0. The van der Waals surface area contributed by atoms with Crippen LogP contribution in [0.4, 0.5) is 19.0 Å². The van der Waals surface area contributed by atoms with Gasteiger partial charge in [0.2, 0.25) is 0 Å². The molecule has 1 rings (SSSR count). The first-order chi connectivity index (χ1) is 8.70. The Labute approximate surface area is 118 Å². The van der Waals surface area contributed by atoms with Crippen molar-refractivity contribution in [1.29, 1.82) is 0 Å². The van der Waals surface area contributed by atoms with Crippen LogP contribution in [0.5, 0.6) is 0 Å². The van der Waals surface area contributed by atoms with E-state index in [0.29, 0.717) is 5.92 Å². The molecule has 0 saturated carbocycles. The van der Waals surface area contributed by atoms with Crippen molar-refractivity contribution in [3.05, 3.63) is 22.3 Å². The standard InChI is InChI=1S/C12H17BrF3N3/c1-7(2)3-9(17)6-19-11-10(12(14,15)16)4-8(13)5-18-11/h4-5,7,9H,3,6,17H2,1-2H3,(H,18,19). The first-order valence-electron chi connectivity index (χ1n) is 5.92. The van der Waals surface area contributed by atoms with Gasteiger partial charge in [-0.05, 0) is 34.3 Å². The van der Waals surface area contributed by atoms with E-state index in [2.05, 4.69) is 26.2 Å². The fourth-order valence-corrected chi connectivity index (χ4v) is 2.04. The Morgan fingerprint density at radius 2 is 2.05 bits per heavy atom. The summed E-state index contributed by atoms with van der Waals surface area (Å²) >= 11 is 2.99. The second-order valence-corrected chi connectivity index (χ2v) is 5.73. The SMILES string of the molecule is CC(C)CC(N)CNc1ncc(Br)cc1C(F)(F)F. The van der Waals surface area contributed by atoms with E-state index in [0.717, 1.165) is 12.5 Å². The van der Waals surface area contributed by atoms with Gasteiger partial charge in [-0.3, -0.25) is 0 Å².